The Bertz CT molecular complexity index is 1460. The topological polar surface area (TPSA) is 112 Å². The molecule has 3 heterocycles. The molecule has 10 nitrogen and oxygen atoms in total. The van der Waals surface area contributed by atoms with Crippen LogP contribution in [0.1, 0.15) is 18.5 Å². The van der Waals surface area contributed by atoms with Crippen molar-refractivity contribution in [3.8, 4) is 28.6 Å². The van der Waals surface area contributed by atoms with Crippen LogP contribution in [0.15, 0.2) is 78.3 Å². The molecule has 5 rings (SSSR count). The van der Waals surface area contributed by atoms with Crippen molar-refractivity contribution in [1.82, 2.24) is 19.7 Å². The summed E-state index contributed by atoms with van der Waals surface area (Å²) in [6.45, 7) is 1.84. The molecule has 2 aromatic heterocycles. The minimum Gasteiger partial charge on any atom is -0.497 e. The number of aromatic nitrogens is 4. The molecule has 0 fully saturated rings. The number of amides is 1. The van der Waals surface area contributed by atoms with Gasteiger partial charge in [0.15, 0.2) is 5.82 Å². The smallest absolute Gasteiger partial charge is 0.255 e. The van der Waals surface area contributed by atoms with E-state index >= 15 is 0 Å². The Hall–Kier alpha value is -4.86. The quantitative estimate of drug-likeness (QED) is 0.388. The summed E-state index contributed by atoms with van der Waals surface area (Å²) in [5, 5.41) is 11.0. The predicted octanol–water partition coefficient (Wildman–Crippen LogP) is 4.29. The van der Waals surface area contributed by atoms with Crippen LogP contribution in [0.25, 0.3) is 11.4 Å². The first-order valence-electron chi connectivity index (χ1n) is 11.5. The Morgan fingerprint density at radius 2 is 1.76 bits per heavy atom. The van der Waals surface area contributed by atoms with E-state index in [1.54, 1.807) is 56.6 Å². The first-order valence-corrected chi connectivity index (χ1v) is 11.5. The van der Waals surface area contributed by atoms with Gasteiger partial charge >= 0.3 is 0 Å². The van der Waals surface area contributed by atoms with Crippen LogP contribution in [-0.4, -0.2) is 47.0 Å². The van der Waals surface area contributed by atoms with Crippen LogP contribution in [0, 0.1) is 0 Å². The van der Waals surface area contributed by atoms with Crippen LogP contribution < -0.4 is 24.8 Å². The molecule has 0 saturated carbocycles. The zero-order valence-electron chi connectivity index (χ0n) is 20.9. The molecular formula is C27H26N6O4. The normalized spacial score (nSPS) is 14.4. The Morgan fingerprint density at radius 3 is 2.43 bits per heavy atom. The van der Waals surface area contributed by atoms with E-state index in [1.807, 2.05) is 43.3 Å². The second-order valence-electron chi connectivity index (χ2n) is 8.31. The van der Waals surface area contributed by atoms with Gasteiger partial charge < -0.3 is 24.8 Å². The molecule has 4 aromatic rings. The maximum atomic E-state index is 13.6. The van der Waals surface area contributed by atoms with Gasteiger partial charge in [-0.3, -0.25) is 9.78 Å². The molecule has 0 unspecified atom stereocenters. The fourth-order valence-electron chi connectivity index (χ4n) is 4.32. The van der Waals surface area contributed by atoms with Crippen molar-refractivity contribution in [3.63, 3.8) is 0 Å². The average molecular weight is 499 g/mol. The summed E-state index contributed by atoms with van der Waals surface area (Å²) in [7, 11) is 4.77. The zero-order valence-corrected chi connectivity index (χ0v) is 20.9. The number of pyridine rings is 1. The van der Waals surface area contributed by atoms with E-state index in [9.17, 15) is 4.79 Å². The molecule has 2 N–H and O–H groups in total. The van der Waals surface area contributed by atoms with Crippen molar-refractivity contribution in [2.24, 2.45) is 0 Å². The lowest BCUT2D eigenvalue weighted by Gasteiger charge is -2.29. The Labute approximate surface area is 213 Å². The second kappa shape index (κ2) is 10.0. The molecular weight excluding hydrogens is 472 g/mol. The van der Waals surface area contributed by atoms with Crippen molar-refractivity contribution in [1.29, 1.82) is 0 Å². The van der Waals surface area contributed by atoms with Crippen molar-refractivity contribution in [3.05, 3.63) is 83.8 Å². The molecule has 1 aliphatic heterocycles. The lowest BCUT2D eigenvalue weighted by Crippen LogP contribution is -2.31. The number of ether oxygens (including phenoxy) is 3. The van der Waals surface area contributed by atoms with E-state index < -0.39 is 6.04 Å². The number of allylic oxidation sites excluding steroid dienone is 1. The van der Waals surface area contributed by atoms with E-state index in [0.717, 1.165) is 5.56 Å². The van der Waals surface area contributed by atoms with Gasteiger partial charge in [-0.05, 0) is 37.3 Å². The number of hydrogen-bond donors (Lipinski definition) is 2. The maximum absolute atomic E-state index is 13.6. The van der Waals surface area contributed by atoms with Gasteiger partial charge in [0.2, 0.25) is 5.95 Å². The summed E-state index contributed by atoms with van der Waals surface area (Å²) >= 11 is 0. The van der Waals surface area contributed by atoms with Gasteiger partial charge in [0.1, 0.15) is 23.3 Å². The van der Waals surface area contributed by atoms with E-state index in [2.05, 4.69) is 15.6 Å². The highest BCUT2D eigenvalue weighted by Crippen LogP contribution is 2.40. The highest BCUT2D eigenvalue weighted by molar-refractivity contribution is 6.06. The van der Waals surface area contributed by atoms with Crippen LogP contribution in [0.4, 0.5) is 11.6 Å². The van der Waals surface area contributed by atoms with E-state index in [0.29, 0.717) is 51.5 Å². The maximum Gasteiger partial charge on any atom is 0.255 e. The number of anilines is 2. The molecule has 10 heteroatoms. The average Bonchev–Trinajstić information content (AvgIpc) is 3.36. The van der Waals surface area contributed by atoms with E-state index in [-0.39, 0.29) is 5.91 Å². The molecule has 1 amide bonds. The van der Waals surface area contributed by atoms with Crippen LogP contribution in [-0.2, 0) is 4.79 Å². The largest absolute Gasteiger partial charge is 0.497 e. The van der Waals surface area contributed by atoms with Crippen LogP contribution in [0.5, 0.6) is 17.2 Å². The Morgan fingerprint density at radius 1 is 1.00 bits per heavy atom. The first-order chi connectivity index (χ1) is 18.0. The fraction of sp³-hybridized carbons (Fsp3) is 0.185. The number of nitrogens with zero attached hydrogens (tertiary/aromatic N) is 4. The van der Waals surface area contributed by atoms with Gasteiger partial charge in [-0.25, -0.2) is 4.68 Å². The number of methoxy groups -OCH3 is 3. The molecule has 37 heavy (non-hydrogen) atoms. The number of fused-ring (bicyclic) bond motifs is 1. The second-order valence-corrected chi connectivity index (χ2v) is 8.31. The molecule has 188 valence electrons. The molecule has 0 saturated heterocycles. The van der Waals surface area contributed by atoms with Gasteiger partial charge in [-0.15, -0.1) is 5.10 Å². The summed E-state index contributed by atoms with van der Waals surface area (Å²) in [4.78, 5) is 22.5. The minimum absolute atomic E-state index is 0.292. The molecule has 1 aliphatic rings. The highest BCUT2D eigenvalue weighted by Gasteiger charge is 2.36. The lowest BCUT2D eigenvalue weighted by molar-refractivity contribution is -0.113. The Kier molecular flexibility index (Phi) is 6.46. The SMILES string of the molecule is COc1cc(OC)cc(-c2nc3n(n2)[C@@H](c2ccccc2OC)C(C(=O)Nc2cccnc2)=C(C)N3)c1. The van der Waals surface area contributed by atoms with Crippen LogP contribution >= 0.6 is 0 Å². The fourth-order valence-corrected chi connectivity index (χ4v) is 4.32. The molecule has 0 radical (unpaired) electrons. The van der Waals surface area contributed by atoms with E-state index in [4.69, 9.17) is 24.3 Å². The molecule has 2 aromatic carbocycles. The monoisotopic (exact) mass is 498 g/mol. The third-order valence-corrected chi connectivity index (χ3v) is 6.06. The summed E-state index contributed by atoms with van der Waals surface area (Å²) in [6, 6.07) is 15.9. The number of rotatable bonds is 7. The minimum atomic E-state index is -0.613. The highest BCUT2D eigenvalue weighted by atomic mass is 16.5. The van der Waals surface area contributed by atoms with Gasteiger partial charge in [-0.2, -0.15) is 4.98 Å². The van der Waals surface area contributed by atoms with E-state index in [1.165, 1.54) is 0 Å². The lowest BCUT2D eigenvalue weighted by atomic mass is 9.94. The third kappa shape index (κ3) is 4.56. The predicted molar refractivity (Wildman–Crippen MR) is 139 cm³/mol. The zero-order chi connectivity index (χ0) is 25.9. The van der Waals surface area contributed by atoms with Crippen molar-refractivity contribution >= 4 is 17.5 Å². The summed E-state index contributed by atoms with van der Waals surface area (Å²) < 4.78 is 18.2. The van der Waals surface area contributed by atoms with Crippen molar-refractivity contribution in [2.45, 2.75) is 13.0 Å². The van der Waals surface area contributed by atoms with Gasteiger partial charge in [0.05, 0.1) is 38.8 Å². The van der Waals surface area contributed by atoms with Crippen LogP contribution in [0.2, 0.25) is 0 Å². The van der Waals surface area contributed by atoms with Gasteiger partial charge in [-0.1, -0.05) is 18.2 Å². The number of para-hydroxylation sites is 1. The van der Waals surface area contributed by atoms with Gasteiger partial charge in [0, 0.05) is 29.1 Å². The standard InChI is InChI=1S/C27H26N6O4/c1-16-23(26(34)30-18-8-7-11-28-15-18)24(21-9-5-6-10-22(21)37-4)33-27(29-16)31-25(32-33)17-12-19(35-2)14-20(13-17)36-3/h5-15,24H,1-4H3,(H,30,34)(H,29,31,32)/t24-/m0/s1. The summed E-state index contributed by atoms with van der Waals surface area (Å²) in [6.07, 6.45) is 3.24. The number of carbonyl (C=O) groups is 1. The number of benzene rings is 2. The molecule has 0 bridgehead atoms. The summed E-state index contributed by atoms with van der Waals surface area (Å²) in [5.74, 6) is 2.49. The Balaban J connectivity index is 1.64. The van der Waals surface area contributed by atoms with Gasteiger partial charge in [0.25, 0.3) is 5.91 Å². The first kappa shape index (κ1) is 23.9. The van der Waals surface area contributed by atoms with Crippen LogP contribution in [0.3, 0.4) is 0 Å². The third-order valence-electron chi connectivity index (χ3n) is 6.06. The molecule has 0 aliphatic carbocycles. The number of hydrogen-bond acceptors (Lipinski definition) is 8. The van der Waals surface area contributed by atoms with Crippen molar-refractivity contribution in [2.75, 3.05) is 32.0 Å². The number of carbonyl (C=O) groups excluding carboxylic acids is 1. The number of nitrogens with one attached hydrogen (secondary N) is 2. The summed E-state index contributed by atoms with van der Waals surface area (Å²) in [5.41, 5.74) is 3.17. The molecule has 0 spiro atoms. The molecule has 1 atom stereocenters. The van der Waals surface area contributed by atoms with Crippen molar-refractivity contribution < 1.29 is 19.0 Å².